The minimum Gasteiger partial charge on any atom is -0.328 e. The smallest absolute Gasteiger partial charge is 0.166 e. The Morgan fingerprint density at radius 2 is 2.00 bits per heavy atom. The summed E-state index contributed by atoms with van der Waals surface area (Å²) >= 11 is 0. The van der Waals surface area contributed by atoms with Crippen molar-refractivity contribution < 1.29 is 4.39 Å². The normalized spacial score (nSPS) is 11.5. The third kappa shape index (κ3) is 2.71. The summed E-state index contributed by atoms with van der Waals surface area (Å²) in [4.78, 5) is 4.32. The number of fused-ring (bicyclic) bond motifs is 1. The van der Waals surface area contributed by atoms with Gasteiger partial charge in [0.2, 0.25) is 0 Å². The van der Waals surface area contributed by atoms with Crippen LogP contribution < -0.4 is 0 Å². The standard InChI is InChI=1S/C15H19FN2Si/c1-6-18-11(2)17-15-13(18)8-7-12(14(15)16)9-10-19(3,4)5/h7-8H,6H2,1-5H3. The molecule has 0 atom stereocenters. The lowest BCUT2D eigenvalue weighted by atomic mass is 10.2. The second kappa shape index (κ2) is 4.82. The number of halogens is 1. The highest BCUT2D eigenvalue weighted by Crippen LogP contribution is 2.21. The average molecular weight is 274 g/mol. The van der Waals surface area contributed by atoms with E-state index < -0.39 is 8.07 Å². The Morgan fingerprint density at radius 1 is 1.32 bits per heavy atom. The molecule has 0 fully saturated rings. The quantitative estimate of drug-likeness (QED) is 0.572. The fourth-order valence-electron chi connectivity index (χ4n) is 2.03. The van der Waals surface area contributed by atoms with E-state index >= 15 is 0 Å². The van der Waals surface area contributed by atoms with Gasteiger partial charge in [-0.15, -0.1) is 5.54 Å². The summed E-state index contributed by atoms with van der Waals surface area (Å²) < 4.78 is 16.4. The van der Waals surface area contributed by atoms with Crippen LogP contribution in [0.1, 0.15) is 18.3 Å². The molecular weight excluding hydrogens is 255 g/mol. The third-order valence-corrected chi connectivity index (χ3v) is 3.81. The number of hydrogen-bond acceptors (Lipinski definition) is 1. The molecule has 2 aromatic rings. The Kier molecular flexibility index (Phi) is 3.51. The lowest BCUT2D eigenvalue weighted by molar-refractivity contribution is 0.633. The number of hydrogen-bond donors (Lipinski definition) is 0. The molecule has 0 aliphatic carbocycles. The molecule has 100 valence electrons. The van der Waals surface area contributed by atoms with Crippen molar-refractivity contribution in [3.05, 3.63) is 29.3 Å². The van der Waals surface area contributed by atoms with Gasteiger partial charge < -0.3 is 4.57 Å². The highest BCUT2D eigenvalue weighted by Gasteiger charge is 2.14. The van der Waals surface area contributed by atoms with Gasteiger partial charge in [-0.1, -0.05) is 25.6 Å². The van der Waals surface area contributed by atoms with Gasteiger partial charge in [-0.25, -0.2) is 9.37 Å². The molecule has 2 rings (SSSR count). The molecule has 1 heterocycles. The van der Waals surface area contributed by atoms with Crippen LogP contribution in [0.3, 0.4) is 0 Å². The molecule has 0 unspecified atom stereocenters. The lowest BCUT2D eigenvalue weighted by Crippen LogP contribution is -2.16. The highest BCUT2D eigenvalue weighted by molar-refractivity contribution is 6.83. The van der Waals surface area contributed by atoms with Gasteiger partial charge in [0.25, 0.3) is 0 Å². The average Bonchev–Trinajstić information content (AvgIpc) is 2.64. The molecule has 0 spiro atoms. The predicted octanol–water partition coefficient (Wildman–Crippen LogP) is 3.73. The molecule has 0 aliphatic rings. The van der Waals surface area contributed by atoms with E-state index in [1.165, 1.54) is 0 Å². The van der Waals surface area contributed by atoms with Gasteiger partial charge in [-0.3, -0.25) is 0 Å². The van der Waals surface area contributed by atoms with E-state index in [9.17, 15) is 4.39 Å². The van der Waals surface area contributed by atoms with Crippen LogP contribution in [0.4, 0.5) is 4.39 Å². The van der Waals surface area contributed by atoms with Crippen molar-refractivity contribution in [2.75, 3.05) is 0 Å². The highest BCUT2D eigenvalue weighted by atomic mass is 28.3. The Balaban J connectivity index is 2.61. The van der Waals surface area contributed by atoms with Gasteiger partial charge in [0, 0.05) is 6.54 Å². The minimum atomic E-state index is -1.50. The molecule has 1 aromatic carbocycles. The number of rotatable bonds is 1. The Labute approximate surface area is 114 Å². The first-order valence-corrected chi connectivity index (χ1v) is 10.0. The van der Waals surface area contributed by atoms with Crippen LogP contribution in [0, 0.1) is 24.2 Å². The molecule has 2 nitrogen and oxygen atoms in total. The first kappa shape index (κ1) is 13.8. The Hall–Kier alpha value is -1.60. The number of aromatic nitrogens is 2. The van der Waals surface area contributed by atoms with Crippen molar-refractivity contribution in [1.29, 1.82) is 0 Å². The summed E-state index contributed by atoms with van der Waals surface area (Å²) in [5, 5.41) is 0. The van der Waals surface area contributed by atoms with Gasteiger partial charge in [0.1, 0.15) is 19.4 Å². The van der Waals surface area contributed by atoms with Crippen molar-refractivity contribution in [3.8, 4) is 11.5 Å². The van der Waals surface area contributed by atoms with Crippen molar-refractivity contribution in [3.63, 3.8) is 0 Å². The van der Waals surface area contributed by atoms with Crippen LogP contribution in [-0.4, -0.2) is 17.6 Å². The predicted molar refractivity (Wildman–Crippen MR) is 80.3 cm³/mol. The zero-order chi connectivity index (χ0) is 14.2. The molecule has 0 N–H and O–H groups in total. The second-order valence-corrected chi connectivity index (χ2v) is 10.4. The van der Waals surface area contributed by atoms with Crippen LogP contribution in [0.5, 0.6) is 0 Å². The third-order valence-electron chi connectivity index (χ3n) is 2.94. The molecule has 0 bridgehead atoms. The van der Waals surface area contributed by atoms with E-state index in [2.05, 4.69) is 36.1 Å². The number of nitrogens with zero attached hydrogens (tertiary/aromatic N) is 2. The van der Waals surface area contributed by atoms with E-state index in [1.807, 2.05) is 24.5 Å². The minimum absolute atomic E-state index is 0.293. The fraction of sp³-hybridized carbons (Fsp3) is 0.400. The summed E-state index contributed by atoms with van der Waals surface area (Å²) in [5.41, 5.74) is 4.92. The summed E-state index contributed by atoms with van der Waals surface area (Å²) in [6, 6.07) is 3.67. The van der Waals surface area contributed by atoms with E-state index in [-0.39, 0.29) is 5.82 Å². The van der Waals surface area contributed by atoms with Gasteiger partial charge in [-0.05, 0) is 26.0 Å². The number of benzene rings is 1. The van der Waals surface area contributed by atoms with Crippen molar-refractivity contribution in [1.82, 2.24) is 9.55 Å². The van der Waals surface area contributed by atoms with Crippen LogP contribution in [0.2, 0.25) is 19.6 Å². The van der Waals surface area contributed by atoms with Crippen LogP contribution >= 0.6 is 0 Å². The van der Waals surface area contributed by atoms with Gasteiger partial charge in [0.15, 0.2) is 5.82 Å². The van der Waals surface area contributed by atoms with Crippen molar-refractivity contribution >= 4 is 19.1 Å². The molecular formula is C15H19FN2Si. The van der Waals surface area contributed by atoms with Gasteiger partial charge >= 0.3 is 0 Å². The lowest BCUT2D eigenvalue weighted by Gasteiger charge is -2.04. The summed E-state index contributed by atoms with van der Waals surface area (Å²) in [6.07, 6.45) is 0. The van der Waals surface area contributed by atoms with Crippen molar-refractivity contribution in [2.24, 2.45) is 0 Å². The molecule has 19 heavy (non-hydrogen) atoms. The molecule has 4 heteroatoms. The van der Waals surface area contributed by atoms with Crippen LogP contribution in [0.25, 0.3) is 11.0 Å². The van der Waals surface area contributed by atoms with Crippen LogP contribution in [-0.2, 0) is 6.54 Å². The maximum atomic E-state index is 14.4. The first-order valence-electron chi connectivity index (χ1n) is 6.52. The molecule has 0 saturated heterocycles. The maximum absolute atomic E-state index is 14.4. The zero-order valence-corrected chi connectivity index (χ0v) is 13.1. The largest absolute Gasteiger partial charge is 0.328 e. The number of imidazole rings is 1. The van der Waals surface area contributed by atoms with E-state index in [1.54, 1.807) is 6.07 Å². The molecule has 0 radical (unpaired) electrons. The maximum Gasteiger partial charge on any atom is 0.166 e. The van der Waals surface area contributed by atoms with E-state index in [4.69, 9.17) is 0 Å². The Morgan fingerprint density at radius 3 is 2.58 bits per heavy atom. The monoisotopic (exact) mass is 274 g/mol. The zero-order valence-electron chi connectivity index (χ0n) is 12.1. The van der Waals surface area contributed by atoms with Gasteiger partial charge in [-0.2, -0.15) is 0 Å². The van der Waals surface area contributed by atoms with E-state index in [0.29, 0.717) is 11.1 Å². The first-order chi connectivity index (χ1) is 8.83. The second-order valence-electron chi connectivity index (χ2n) is 5.70. The fourth-order valence-corrected chi connectivity index (χ4v) is 2.54. The molecule has 0 aliphatic heterocycles. The van der Waals surface area contributed by atoms with Crippen LogP contribution in [0.15, 0.2) is 12.1 Å². The summed E-state index contributed by atoms with van der Waals surface area (Å²) in [5.74, 6) is 3.53. The summed E-state index contributed by atoms with van der Waals surface area (Å²) in [6.45, 7) is 11.2. The van der Waals surface area contributed by atoms with Gasteiger partial charge in [0.05, 0.1) is 11.1 Å². The van der Waals surface area contributed by atoms with E-state index in [0.717, 1.165) is 17.9 Å². The van der Waals surface area contributed by atoms with Crippen molar-refractivity contribution in [2.45, 2.75) is 40.0 Å². The Bertz CT molecular complexity index is 684. The topological polar surface area (TPSA) is 17.8 Å². The molecule has 1 aromatic heterocycles. The SMILES string of the molecule is CCn1c(C)nc2c(F)c(C#C[Si](C)(C)C)ccc21. The number of aryl methyl sites for hydroxylation is 2. The molecule has 0 amide bonds. The molecule has 0 saturated carbocycles. The summed E-state index contributed by atoms with van der Waals surface area (Å²) in [7, 11) is -1.50.